The molecule has 3 heteroatoms. The fourth-order valence-corrected chi connectivity index (χ4v) is 2.30. The van der Waals surface area contributed by atoms with Gasteiger partial charge in [-0.1, -0.05) is 18.2 Å². The van der Waals surface area contributed by atoms with Gasteiger partial charge in [0.25, 0.3) is 0 Å². The molecule has 1 fully saturated rings. The Hall–Kier alpha value is -1.35. The Labute approximate surface area is 95.2 Å². The number of aromatic nitrogens is 2. The van der Waals surface area contributed by atoms with Gasteiger partial charge in [0, 0.05) is 17.0 Å². The minimum atomic E-state index is -0.0911. The van der Waals surface area contributed by atoms with Gasteiger partial charge in [-0.15, -0.1) is 0 Å². The summed E-state index contributed by atoms with van der Waals surface area (Å²) in [7, 11) is 0. The molecule has 2 aromatic rings. The second-order valence-corrected chi connectivity index (χ2v) is 5.08. The third-order valence-electron chi connectivity index (χ3n) is 3.43. The van der Waals surface area contributed by atoms with Crippen LogP contribution in [0.2, 0.25) is 0 Å². The predicted octanol–water partition coefficient (Wildman–Crippen LogP) is 2.57. The van der Waals surface area contributed by atoms with Gasteiger partial charge in [-0.3, -0.25) is 4.68 Å². The molecule has 16 heavy (non-hydrogen) atoms. The maximum atomic E-state index is 6.32. The SMILES string of the molecule is CC(C)n1ncc2cccc(C3(N)CC3)c21. The molecule has 84 valence electrons. The van der Waals surface area contributed by atoms with Crippen molar-refractivity contribution < 1.29 is 0 Å². The highest BCUT2D eigenvalue weighted by Gasteiger charge is 2.41. The quantitative estimate of drug-likeness (QED) is 0.836. The zero-order valence-electron chi connectivity index (χ0n) is 9.77. The molecule has 3 rings (SSSR count). The third kappa shape index (κ3) is 1.28. The van der Waals surface area contributed by atoms with Gasteiger partial charge in [-0.25, -0.2) is 0 Å². The van der Waals surface area contributed by atoms with Crippen molar-refractivity contribution in [1.29, 1.82) is 0 Å². The van der Waals surface area contributed by atoms with E-state index in [9.17, 15) is 0 Å². The van der Waals surface area contributed by atoms with Gasteiger partial charge in [0.05, 0.1) is 11.7 Å². The zero-order valence-corrected chi connectivity index (χ0v) is 9.77. The maximum absolute atomic E-state index is 6.32. The smallest absolute Gasteiger partial charge is 0.0736 e. The van der Waals surface area contributed by atoms with Crippen LogP contribution in [0.1, 0.15) is 38.3 Å². The van der Waals surface area contributed by atoms with Crippen molar-refractivity contribution in [1.82, 2.24) is 9.78 Å². The van der Waals surface area contributed by atoms with Crippen LogP contribution in [-0.2, 0) is 5.54 Å². The van der Waals surface area contributed by atoms with Crippen molar-refractivity contribution in [3.05, 3.63) is 30.0 Å². The van der Waals surface area contributed by atoms with Crippen molar-refractivity contribution in [2.45, 2.75) is 38.3 Å². The highest BCUT2D eigenvalue weighted by molar-refractivity contribution is 5.83. The first-order valence-corrected chi connectivity index (χ1v) is 5.87. The van der Waals surface area contributed by atoms with E-state index in [1.807, 2.05) is 6.20 Å². The van der Waals surface area contributed by atoms with E-state index in [0.29, 0.717) is 6.04 Å². The highest BCUT2D eigenvalue weighted by Crippen LogP contribution is 2.45. The summed E-state index contributed by atoms with van der Waals surface area (Å²) in [4.78, 5) is 0. The summed E-state index contributed by atoms with van der Waals surface area (Å²) >= 11 is 0. The van der Waals surface area contributed by atoms with Crippen LogP contribution in [-0.4, -0.2) is 9.78 Å². The molecule has 1 aliphatic rings. The zero-order chi connectivity index (χ0) is 11.3. The van der Waals surface area contributed by atoms with Crippen molar-refractivity contribution >= 4 is 10.9 Å². The van der Waals surface area contributed by atoms with Crippen molar-refractivity contribution in [2.75, 3.05) is 0 Å². The van der Waals surface area contributed by atoms with Crippen molar-refractivity contribution in [3.8, 4) is 0 Å². The van der Waals surface area contributed by atoms with Crippen LogP contribution in [0.25, 0.3) is 10.9 Å². The molecule has 1 aromatic carbocycles. The molecule has 0 amide bonds. The van der Waals surface area contributed by atoms with Gasteiger partial charge in [-0.2, -0.15) is 5.10 Å². The van der Waals surface area contributed by atoms with Crippen molar-refractivity contribution in [2.24, 2.45) is 5.73 Å². The van der Waals surface area contributed by atoms with Gasteiger partial charge < -0.3 is 5.73 Å². The van der Waals surface area contributed by atoms with Crippen LogP contribution >= 0.6 is 0 Å². The van der Waals surface area contributed by atoms with E-state index in [1.54, 1.807) is 0 Å². The Balaban J connectivity index is 2.31. The number of benzene rings is 1. The van der Waals surface area contributed by atoms with E-state index in [2.05, 4.69) is 41.8 Å². The normalized spacial score (nSPS) is 18.2. The second-order valence-electron chi connectivity index (χ2n) is 5.08. The summed E-state index contributed by atoms with van der Waals surface area (Å²) in [5, 5.41) is 5.66. The number of hydrogen-bond donors (Lipinski definition) is 1. The number of fused-ring (bicyclic) bond motifs is 1. The fourth-order valence-electron chi connectivity index (χ4n) is 2.30. The van der Waals surface area contributed by atoms with E-state index in [0.717, 1.165) is 12.8 Å². The molecule has 0 unspecified atom stereocenters. The van der Waals surface area contributed by atoms with Gasteiger partial charge in [-0.05, 0) is 32.3 Å². The number of rotatable bonds is 2. The number of nitrogens with two attached hydrogens (primary N) is 1. The first kappa shape index (κ1) is 9.85. The van der Waals surface area contributed by atoms with Gasteiger partial charge in [0.2, 0.25) is 0 Å². The molecule has 0 aliphatic heterocycles. The van der Waals surface area contributed by atoms with Crippen molar-refractivity contribution in [3.63, 3.8) is 0 Å². The monoisotopic (exact) mass is 215 g/mol. The molecule has 3 nitrogen and oxygen atoms in total. The number of hydrogen-bond acceptors (Lipinski definition) is 2. The predicted molar refractivity (Wildman–Crippen MR) is 65.2 cm³/mol. The molecule has 1 saturated carbocycles. The molecule has 0 atom stereocenters. The van der Waals surface area contributed by atoms with Crippen LogP contribution in [0, 0.1) is 0 Å². The second kappa shape index (κ2) is 3.08. The van der Waals surface area contributed by atoms with Crippen LogP contribution in [0.5, 0.6) is 0 Å². The van der Waals surface area contributed by atoms with E-state index >= 15 is 0 Å². The summed E-state index contributed by atoms with van der Waals surface area (Å²) < 4.78 is 2.08. The molecule has 0 radical (unpaired) electrons. The molecule has 0 spiro atoms. The Kier molecular flexibility index (Phi) is 1.89. The fraction of sp³-hybridized carbons (Fsp3) is 0.462. The minimum absolute atomic E-state index is 0.0911. The average Bonchev–Trinajstić information content (AvgIpc) is 2.86. The summed E-state index contributed by atoms with van der Waals surface area (Å²) in [5.74, 6) is 0. The maximum Gasteiger partial charge on any atom is 0.0736 e. The summed E-state index contributed by atoms with van der Waals surface area (Å²) in [6.45, 7) is 4.30. The van der Waals surface area contributed by atoms with E-state index < -0.39 is 0 Å². The highest BCUT2D eigenvalue weighted by atomic mass is 15.3. The lowest BCUT2D eigenvalue weighted by molar-refractivity contribution is 0.546. The minimum Gasteiger partial charge on any atom is -0.321 e. The Morgan fingerprint density at radius 1 is 1.38 bits per heavy atom. The van der Waals surface area contributed by atoms with Crippen LogP contribution in [0.4, 0.5) is 0 Å². The van der Waals surface area contributed by atoms with Crippen LogP contribution in [0.3, 0.4) is 0 Å². The molecule has 2 N–H and O–H groups in total. The molecule has 1 aliphatic carbocycles. The van der Waals surface area contributed by atoms with Gasteiger partial charge in [0.15, 0.2) is 0 Å². The average molecular weight is 215 g/mol. The Morgan fingerprint density at radius 3 is 2.75 bits per heavy atom. The summed E-state index contributed by atoms with van der Waals surface area (Å²) in [6.07, 6.45) is 4.12. The lowest BCUT2D eigenvalue weighted by atomic mass is 10.0. The Bertz CT molecular complexity index is 535. The summed E-state index contributed by atoms with van der Waals surface area (Å²) in [6, 6.07) is 6.71. The molecular weight excluding hydrogens is 198 g/mol. The first-order valence-electron chi connectivity index (χ1n) is 5.87. The van der Waals surface area contributed by atoms with Gasteiger partial charge in [0.1, 0.15) is 0 Å². The van der Waals surface area contributed by atoms with E-state index in [-0.39, 0.29) is 5.54 Å². The largest absolute Gasteiger partial charge is 0.321 e. The first-order chi connectivity index (χ1) is 7.62. The van der Waals surface area contributed by atoms with Crippen LogP contribution in [0.15, 0.2) is 24.4 Å². The Morgan fingerprint density at radius 2 is 2.12 bits per heavy atom. The number of nitrogens with zero attached hydrogens (tertiary/aromatic N) is 2. The topological polar surface area (TPSA) is 43.8 Å². The lowest BCUT2D eigenvalue weighted by Gasteiger charge is -2.15. The molecule has 1 heterocycles. The lowest BCUT2D eigenvalue weighted by Crippen LogP contribution is -2.20. The molecule has 0 bridgehead atoms. The van der Waals surface area contributed by atoms with Gasteiger partial charge >= 0.3 is 0 Å². The standard InChI is InChI=1S/C13H17N3/c1-9(2)16-12-10(8-15-16)4-3-5-11(12)13(14)6-7-13/h3-5,8-9H,6-7,14H2,1-2H3. The third-order valence-corrected chi connectivity index (χ3v) is 3.43. The molecule has 1 aromatic heterocycles. The van der Waals surface area contributed by atoms with E-state index in [1.165, 1.54) is 16.5 Å². The molecular formula is C13H17N3. The molecule has 0 saturated heterocycles. The summed E-state index contributed by atoms with van der Waals surface area (Å²) in [5.41, 5.74) is 8.71. The number of para-hydroxylation sites is 1. The van der Waals surface area contributed by atoms with Crippen LogP contribution < -0.4 is 5.73 Å². The van der Waals surface area contributed by atoms with E-state index in [4.69, 9.17) is 5.73 Å².